The normalized spacial score (nSPS) is 22.5. The average molecular weight is 196 g/mol. The van der Waals surface area contributed by atoms with Gasteiger partial charge in [0, 0.05) is 19.5 Å². The molecule has 1 unspecified atom stereocenters. The Morgan fingerprint density at radius 3 is 2.86 bits per heavy atom. The highest BCUT2D eigenvalue weighted by molar-refractivity contribution is 5.40. The van der Waals surface area contributed by atoms with Gasteiger partial charge in [0.15, 0.2) is 0 Å². The van der Waals surface area contributed by atoms with Gasteiger partial charge >= 0.3 is 0 Å². The van der Waals surface area contributed by atoms with Gasteiger partial charge in [-0.25, -0.2) is 0 Å². The summed E-state index contributed by atoms with van der Waals surface area (Å²) in [6.45, 7) is 1.90. The van der Waals surface area contributed by atoms with Crippen LogP contribution in [-0.4, -0.2) is 22.9 Å². The van der Waals surface area contributed by atoms with Crippen molar-refractivity contribution in [2.45, 2.75) is 18.8 Å². The molecule has 1 atom stereocenters. The maximum atomic E-state index is 11.7. The van der Waals surface area contributed by atoms with E-state index in [-0.39, 0.29) is 11.5 Å². The number of aromatic nitrogens is 2. The number of aryl methyl sites for hydroxylation is 1. The number of nitrogen functional groups attached to an aromatic ring is 1. The van der Waals surface area contributed by atoms with E-state index in [1.165, 1.54) is 4.68 Å². The molecule has 1 aromatic rings. The van der Waals surface area contributed by atoms with Gasteiger partial charge in [-0.05, 0) is 19.4 Å². The first-order valence-corrected chi connectivity index (χ1v) is 4.95. The number of nitrogens with two attached hydrogens (primary N) is 1. The Bertz CT molecular complexity index is 373. The first-order valence-electron chi connectivity index (χ1n) is 4.95. The minimum Gasteiger partial charge on any atom is -0.384 e. The van der Waals surface area contributed by atoms with Crippen molar-refractivity contribution in [3.05, 3.63) is 15.9 Å². The van der Waals surface area contributed by atoms with Crippen molar-refractivity contribution in [2.75, 3.05) is 18.8 Å². The van der Waals surface area contributed by atoms with Crippen LogP contribution in [0.5, 0.6) is 0 Å². The molecule has 1 aliphatic rings. The van der Waals surface area contributed by atoms with Crippen LogP contribution in [0.15, 0.2) is 4.79 Å². The number of aromatic amines is 1. The molecule has 14 heavy (non-hydrogen) atoms. The number of hydrogen-bond donors (Lipinski definition) is 3. The molecule has 1 saturated heterocycles. The second kappa shape index (κ2) is 3.49. The molecule has 1 aliphatic heterocycles. The Kier molecular flexibility index (Phi) is 2.33. The molecule has 78 valence electrons. The summed E-state index contributed by atoms with van der Waals surface area (Å²) in [7, 11) is 1.69. The summed E-state index contributed by atoms with van der Waals surface area (Å²) < 4.78 is 1.44. The molecule has 0 aromatic carbocycles. The van der Waals surface area contributed by atoms with E-state index in [0.29, 0.717) is 5.82 Å². The topological polar surface area (TPSA) is 75.8 Å². The second-order valence-corrected chi connectivity index (χ2v) is 3.85. The molecule has 0 radical (unpaired) electrons. The fraction of sp³-hybridized carbons (Fsp3) is 0.667. The van der Waals surface area contributed by atoms with Crippen molar-refractivity contribution in [2.24, 2.45) is 7.05 Å². The molecule has 5 heteroatoms. The van der Waals surface area contributed by atoms with Crippen LogP contribution in [0.4, 0.5) is 5.82 Å². The quantitative estimate of drug-likeness (QED) is 0.580. The molecule has 0 saturated carbocycles. The minimum atomic E-state index is 0.0104. The molecule has 2 rings (SSSR count). The average Bonchev–Trinajstić information content (AvgIpc) is 2.43. The Morgan fingerprint density at radius 2 is 2.36 bits per heavy atom. The third-order valence-corrected chi connectivity index (χ3v) is 2.82. The third kappa shape index (κ3) is 1.43. The van der Waals surface area contributed by atoms with E-state index >= 15 is 0 Å². The zero-order valence-electron chi connectivity index (χ0n) is 8.34. The van der Waals surface area contributed by atoms with Crippen LogP contribution in [0, 0.1) is 0 Å². The molecule has 0 bridgehead atoms. The van der Waals surface area contributed by atoms with E-state index in [2.05, 4.69) is 10.4 Å². The minimum absolute atomic E-state index is 0.0104. The summed E-state index contributed by atoms with van der Waals surface area (Å²) in [6, 6.07) is 0. The zero-order chi connectivity index (χ0) is 10.1. The van der Waals surface area contributed by atoms with Gasteiger partial charge < -0.3 is 11.1 Å². The summed E-state index contributed by atoms with van der Waals surface area (Å²) in [4.78, 5) is 11.7. The predicted molar refractivity (Wildman–Crippen MR) is 55.3 cm³/mol. The largest absolute Gasteiger partial charge is 0.384 e. The van der Waals surface area contributed by atoms with Gasteiger partial charge in [-0.2, -0.15) is 0 Å². The number of rotatable bonds is 1. The summed E-state index contributed by atoms with van der Waals surface area (Å²) >= 11 is 0. The smallest absolute Gasteiger partial charge is 0.271 e. The van der Waals surface area contributed by atoms with Crippen LogP contribution in [0.3, 0.4) is 0 Å². The summed E-state index contributed by atoms with van der Waals surface area (Å²) in [5.74, 6) is 0.792. The molecular formula is C9H16N4O. The van der Waals surface area contributed by atoms with Gasteiger partial charge in [0.25, 0.3) is 5.56 Å². The van der Waals surface area contributed by atoms with Crippen molar-refractivity contribution in [1.29, 1.82) is 0 Å². The SMILES string of the molecule is Cn1[nH]c(N)c(C2CCCNC2)c1=O. The highest BCUT2D eigenvalue weighted by atomic mass is 16.1. The standard InChI is InChI=1S/C9H16N4O/c1-13-9(14)7(8(10)12-13)6-3-2-4-11-5-6/h6,11-12H,2-5,10H2,1H3. The lowest BCUT2D eigenvalue weighted by Crippen LogP contribution is -2.31. The maximum absolute atomic E-state index is 11.7. The maximum Gasteiger partial charge on any atom is 0.271 e. The number of anilines is 1. The highest BCUT2D eigenvalue weighted by Gasteiger charge is 2.22. The number of nitrogens with one attached hydrogen (secondary N) is 2. The van der Waals surface area contributed by atoms with E-state index < -0.39 is 0 Å². The number of H-pyrrole nitrogens is 1. The molecule has 0 amide bonds. The third-order valence-electron chi connectivity index (χ3n) is 2.82. The number of nitrogens with zero attached hydrogens (tertiary/aromatic N) is 1. The van der Waals surface area contributed by atoms with Gasteiger partial charge in [-0.1, -0.05) is 0 Å². The summed E-state index contributed by atoms with van der Waals surface area (Å²) in [5, 5.41) is 6.11. The molecule has 1 aromatic heterocycles. The van der Waals surface area contributed by atoms with E-state index in [4.69, 9.17) is 5.73 Å². The number of piperidine rings is 1. The van der Waals surface area contributed by atoms with Gasteiger partial charge in [-0.3, -0.25) is 14.6 Å². The first kappa shape index (κ1) is 9.33. The van der Waals surface area contributed by atoms with Crippen molar-refractivity contribution in [3.63, 3.8) is 0 Å². The van der Waals surface area contributed by atoms with Crippen molar-refractivity contribution < 1.29 is 0 Å². The van der Waals surface area contributed by atoms with Crippen LogP contribution in [0.25, 0.3) is 0 Å². The highest BCUT2D eigenvalue weighted by Crippen LogP contribution is 2.23. The lowest BCUT2D eigenvalue weighted by molar-refractivity contribution is 0.460. The van der Waals surface area contributed by atoms with E-state index in [1.54, 1.807) is 7.05 Å². The monoisotopic (exact) mass is 196 g/mol. The van der Waals surface area contributed by atoms with Crippen molar-refractivity contribution in [1.82, 2.24) is 15.1 Å². The molecule has 2 heterocycles. The zero-order valence-corrected chi connectivity index (χ0v) is 8.34. The fourth-order valence-corrected chi connectivity index (χ4v) is 2.08. The predicted octanol–water partition coefficient (Wildman–Crippen LogP) is -0.237. The Hall–Kier alpha value is -1.23. The second-order valence-electron chi connectivity index (χ2n) is 3.85. The summed E-state index contributed by atoms with van der Waals surface area (Å²) in [5.41, 5.74) is 6.53. The molecule has 4 N–H and O–H groups in total. The molecule has 5 nitrogen and oxygen atoms in total. The van der Waals surface area contributed by atoms with Crippen LogP contribution >= 0.6 is 0 Å². The lowest BCUT2D eigenvalue weighted by atomic mass is 9.93. The van der Waals surface area contributed by atoms with E-state index in [0.717, 1.165) is 31.5 Å². The summed E-state index contributed by atoms with van der Waals surface area (Å²) in [6.07, 6.45) is 2.16. The van der Waals surface area contributed by atoms with Gasteiger partial charge in [-0.15, -0.1) is 0 Å². The Labute approximate surface area is 82.3 Å². The molecule has 0 aliphatic carbocycles. The van der Waals surface area contributed by atoms with E-state index in [9.17, 15) is 4.79 Å². The molecule has 0 spiro atoms. The Balaban J connectivity index is 2.34. The van der Waals surface area contributed by atoms with Gasteiger partial charge in [0.1, 0.15) is 5.82 Å². The molecule has 1 fully saturated rings. The molecular weight excluding hydrogens is 180 g/mol. The van der Waals surface area contributed by atoms with Crippen molar-refractivity contribution >= 4 is 5.82 Å². The van der Waals surface area contributed by atoms with E-state index in [1.807, 2.05) is 0 Å². The van der Waals surface area contributed by atoms with Crippen LogP contribution < -0.4 is 16.6 Å². The lowest BCUT2D eigenvalue weighted by Gasteiger charge is -2.21. The van der Waals surface area contributed by atoms with Crippen LogP contribution in [0.1, 0.15) is 24.3 Å². The number of hydrogen-bond acceptors (Lipinski definition) is 3. The van der Waals surface area contributed by atoms with Gasteiger partial charge in [0.05, 0.1) is 5.56 Å². The first-order chi connectivity index (χ1) is 6.70. The van der Waals surface area contributed by atoms with Crippen LogP contribution in [0.2, 0.25) is 0 Å². The van der Waals surface area contributed by atoms with Gasteiger partial charge in [0.2, 0.25) is 0 Å². The Morgan fingerprint density at radius 1 is 1.57 bits per heavy atom. The van der Waals surface area contributed by atoms with Crippen molar-refractivity contribution in [3.8, 4) is 0 Å². The van der Waals surface area contributed by atoms with Crippen LogP contribution in [-0.2, 0) is 7.05 Å². The fourth-order valence-electron chi connectivity index (χ4n) is 2.08.